The molecule has 0 saturated heterocycles. The Labute approximate surface area is 103 Å². The molecule has 0 N–H and O–H groups in total. The predicted molar refractivity (Wildman–Crippen MR) is 68.0 cm³/mol. The fourth-order valence-corrected chi connectivity index (χ4v) is 1.87. The highest BCUT2D eigenvalue weighted by atomic mass is 16.5. The van der Waals surface area contributed by atoms with Crippen LogP contribution in [0.4, 0.5) is 0 Å². The lowest BCUT2D eigenvalue weighted by molar-refractivity contribution is 0.302. The van der Waals surface area contributed by atoms with Crippen LogP contribution in [0.3, 0.4) is 0 Å². The third-order valence-electron chi connectivity index (χ3n) is 2.74. The Balaban J connectivity index is 2.20. The summed E-state index contributed by atoms with van der Waals surface area (Å²) in [6, 6.07) is 7.21. The predicted octanol–water partition coefficient (Wildman–Crippen LogP) is 3.33. The first-order valence-electron chi connectivity index (χ1n) is 5.86. The van der Waals surface area contributed by atoms with E-state index in [1.54, 1.807) is 18.4 Å². The van der Waals surface area contributed by atoms with Crippen molar-refractivity contribution in [2.45, 2.75) is 13.3 Å². The number of fused-ring (bicyclic) bond motifs is 2. The molecule has 92 valence electrons. The van der Waals surface area contributed by atoms with Gasteiger partial charge in [0.05, 0.1) is 12.9 Å². The number of hydrogen-bond acceptors (Lipinski definition) is 4. The molecule has 2 heterocycles. The van der Waals surface area contributed by atoms with Gasteiger partial charge < -0.3 is 13.6 Å². The van der Waals surface area contributed by atoms with Crippen LogP contribution < -0.4 is 10.4 Å². The summed E-state index contributed by atoms with van der Waals surface area (Å²) in [6.07, 6.45) is 2.45. The second-order valence-corrected chi connectivity index (χ2v) is 4.10. The van der Waals surface area contributed by atoms with Gasteiger partial charge in [0.2, 0.25) is 5.75 Å². The first kappa shape index (κ1) is 10.9. The summed E-state index contributed by atoms with van der Waals surface area (Å²) in [5.41, 5.74) is 0.751. The van der Waals surface area contributed by atoms with Crippen molar-refractivity contribution in [2.75, 3.05) is 6.61 Å². The molecule has 18 heavy (non-hydrogen) atoms. The Hall–Kier alpha value is -2.23. The molecule has 0 aliphatic carbocycles. The lowest BCUT2D eigenvalue weighted by atomic mass is 10.2. The minimum Gasteiger partial charge on any atom is -0.487 e. The average Bonchev–Trinajstić information content (AvgIpc) is 2.80. The van der Waals surface area contributed by atoms with E-state index in [1.165, 1.54) is 0 Å². The van der Waals surface area contributed by atoms with Crippen molar-refractivity contribution >= 4 is 21.9 Å². The van der Waals surface area contributed by atoms with Gasteiger partial charge in [-0.15, -0.1) is 0 Å². The van der Waals surface area contributed by atoms with Crippen molar-refractivity contribution in [2.24, 2.45) is 0 Å². The van der Waals surface area contributed by atoms with E-state index in [9.17, 15) is 4.79 Å². The minimum absolute atomic E-state index is 0.257. The summed E-state index contributed by atoms with van der Waals surface area (Å²) in [5, 5.41) is 1.80. The molecule has 4 nitrogen and oxygen atoms in total. The van der Waals surface area contributed by atoms with Crippen molar-refractivity contribution in [1.29, 1.82) is 0 Å². The molecular formula is C14H12O4. The molecule has 0 fully saturated rings. The van der Waals surface area contributed by atoms with Gasteiger partial charge in [0.1, 0.15) is 11.2 Å². The highest BCUT2D eigenvalue weighted by molar-refractivity contribution is 5.93. The van der Waals surface area contributed by atoms with E-state index < -0.39 is 5.63 Å². The fourth-order valence-electron chi connectivity index (χ4n) is 1.87. The van der Waals surface area contributed by atoms with Gasteiger partial charge in [-0.3, -0.25) is 0 Å². The molecule has 1 aromatic carbocycles. The van der Waals surface area contributed by atoms with Gasteiger partial charge in [0.15, 0.2) is 0 Å². The SMILES string of the molecule is CCCOc1cc2cc3ccoc3cc2oc1=O. The zero-order chi connectivity index (χ0) is 12.5. The van der Waals surface area contributed by atoms with Crippen molar-refractivity contribution < 1.29 is 13.6 Å². The van der Waals surface area contributed by atoms with Gasteiger partial charge in [-0.2, -0.15) is 0 Å². The second-order valence-electron chi connectivity index (χ2n) is 4.10. The Morgan fingerprint density at radius 2 is 2.06 bits per heavy atom. The van der Waals surface area contributed by atoms with E-state index in [2.05, 4.69) is 0 Å². The first-order chi connectivity index (χ1) is 8.78. The van der Waals surface area contributed by atoms with Crippen LogP contribution in [0.15, 0.2) is 44.2 Å². The average molecular weight is 244 g/mol. The van der Waals surface area contributed by atoms with E-state index >= 15 is 0 Å². The minimum atomic E-state index is -0.457. The topological polar surface area (TPSA) is 52.6 Å². The Kier molecular flexibility index (Phi) is 2.55. The third-order valence-corrected chi connectivity index (χ3v) is 2.74. The van der Waals surface area contributed by atoms with Crippen molar-refractivity contribution in [3.8, 4) is 5.75 Å². The molecule has 2 aromatic heterocycles. The second kappa shape index (κ2) is 4.22. The lowest BCUT2D eigenvalue weighted by Crippen LogP contribution is -2.07. The monoisotopic (exact) mass is 244 g/mol. The molecule has 0 saturated carbocycles. The quantitative estimate of drug-likeness (QED) is 0.663. The molecule has 0 unspecified atom stereocenters. The van der Waals surface area contributed by atoms with E-state index in [-0.39, 0.29) is 5.75 Å². The maximum Gasteiger partial charge on any atom is 0.379 e. The van der Waals surface area contributed by atoms with E-state index in [1.807, 2.05) is 19.1 Å². The van der Waals surface area contributed by atoms with Crippen LogP contribution in [0.1, 0.15) is 13.3 Å². The van der Waals surface area contributed by atoms with Gasteiger partial charge in [0.25, 0.3) is 0 Å². The summed E-state index contributed by atoms with van der Waals surface area (Å²) in [6.45, 7) is 2.49. The maximum atomic E-state index is 11.7. The Morgan fingerprint density at radius 3 is 2.89 bits per heavy atom. The zero-order valence-electron chi connectivity index (χ0n) is 9.93. The number of furan rings is 1. The van der Waals surface area contributed by atoms with Crippen LogP contribution in [-0.2, 0) is 0 Å². The van der Waals surface area contributed by atoms with Crippen molar-refractivity contribution in [3.63, 3.8) is 0 Å². The van der Waals surface area contributed by atoms with E-state index in [4.69, 9.17) is 13.6 Å². The van der Waals surface area contributed by atoms with Crippen molar-refractivity contribution in [1.82, 2.24) is 0 Å². The molecule has 3 aromatic rings. The van der Waals surface area contributed by atoms with Gasteiger partial charge in [-0.1, -0.05) is 6.92 Å². The molecular weight excluding hydrogens is 232 g/mol. The fraction of sp³-hybridized carbons (Fsp3) is 0.214. The van der Waals surface area contributed by atoms with Crippen LogP contribution in [0.2, 0.25) is 0 Å². The molecule has 0 radical (unpaired) electrons. The molecule has 0 spiro atoms. The van der Waals surface area contributed by atoms with Gasteiger partial charge in [0, 0.05) is 16.8 Å². The smallest absolute Gasteiger partial charge is 0.379 e. The molecule has 0 bridgehead atoms. The summed E-state index contributed by atoms with van der Waals surface area (Å²) in [4.78, 5) is 11.7. The van der Waals surface area contributed by atoms with Crippen LogP contribution in [0.25, 0.3) is 21.9 Å². The molecule has 0 amide bonds. The van der Waals surface area contributed by atoms with E-state index in [0.29, 0.717) is 17.8 Å². The molecule has 0 aliphatic rings. The number of hydrogen-bond donors (Lipinski definition) is 0. The number of ether oxygens (including phenoxy) is 1. The van der Waals surface area contributed by atoms with Gasteiger partial charge in [-0.05, 0) is 24.6 Å². The van der Waals surface area contributed by atoms with Crippen LogP contribution in [-0.4, -0.2) is 6.61 Å². The number of benzene rings is 1. The highest BCUT2D eigenvalue weighted by Gasteiger charge is 2.08. The first-order valence-corrected chi connectivity index (χ1v) is 5.86. The molecule has 4 heteroatoms. The van der Waals surface area contributed by atoms with Crippen LogP contribution >= 0.6 is 0 Å². The molecule has 0 aliphatic heterocycles. The summed E-state index contributed by atoms with van der Waals surface area (Å²) >= 11 is 0. The van der Waals surface area contributed by atoms with E-state index in [0.717, 1.165) is 17.2 Å². The summed E-state index contributed by atoms with van der Waals surface area (Å²) in [7, 11) is 0. The van der Waals surface area contributed by atoms with Crippen molar-refractivity contribution in [3.05, 3.63) is 40.9 Å². The summed E-state index contributed by atoms with van der Waals surface area (Å²) < 4.78 is 15.9. The highest BCUT2D eigenvalue weighted by Crippen LogP contribution is 2.24. The lowest BCUT2D eigenvalue weighted by Gasteiger charge is -2.03. The zero-order valence-corrected chi connectivity index (χ0v) is 9.93. The Morgan fingerprint density at radius 1 is 1.17 bits per heavy atom. The Bertz CT molecular complexity index is 751. The molecule has 3 rings (SSSR count). The summed E-state index contributed by atoms with van der Waals surface area (Å²) in [5.74, 6) is 0.257. The largest absolute Gasteiger partial charge is 0.487 e. The van der Waals surface area contributed by atoms with Crippen LogP contribution in [0.5, 0.6) is 5.75 Å². The molecule has 0 atom stereocenters. The number of rotatable bonds is 3. The van der Waals surface area contributed by atoms with Gasteiger partial charge >= 0.3 is 5.63 Å². The normalized spacial score (nSPS) is 11.2. The van der Waals surface area contributed by atoms with Crippen LogP contribution in [0, 0.1) is 0 Å². The third kappa shape index (κ3) is 1.76. The standard InChI is InChI=1S/C14H12O4/c1-2-4-16-13-7-10-6-9-3-5-17-11(9)8-12(10)18-14(13)15/h3,5-8H,2,4H2,1H3. The maximum absolute atomic E-state index is 11.7. The van der Waals surface area contributed by atoms with Gasteiger partial charge in [-0.25, -0.2) is 4.79 Å².